The van der Waals surface area contributed by atoms with E-state index in [1.165, 1.54) is 0 Å². The Morgan fingerprint density at radius 3 is 2.71 bits per heavy atom. The minimum absolute atomic E-state index is 0.300. The maximum atomic E-state index is 5.77. The molecule has 0 aromatic carbocycles. The van der Waals surface area contributed by atoms with Crippen LogP contribution in [0.3, 0.4) is 0 Å². The van der Waals surface area contributed by atoms with E-state index in [1.807, 2.05) is 31.2 Å². The van der Waals surface area contributed by atoms with Gasteiger partial charge in [0.2, 0.25) is 5.95 Å². The summed E-state index contributed by atoms with van der Waals surface area (Å²) in [5, 5.41) is 0. The van der Waals surface area contributed by atoms with Gasteiger partial charge in [-0.15, -0.1) is 0 Å². The standard InChI is InChI=1S/C16H17N5/c1-3-5-11-15-13(21-16(17)20-11)8-7-12(19-15)14-10(2)6-4-9-18-14/h4,6-9H,3,5H2,1-2H3,(H2,17,20,21). The van der Waals surface area contributed by atoms with Gasteiger partial charge in [0.05, 0.1) is 22.6 Å². The van der Waals surface area contributed by atoms with Crippen LogP contribution < -0.4 is 5.73 Å². The molecule has 0 radical (unpaired) electrons. The van der Waals surface area contributed by atoms with Crippen LogP contribution in [0.1, 0.15) is 24.6 Å². The molecule has 3 rings (SSSR count). The fourth-order valence-electron chi connectivity index (χ4n) is 2.39. The van der Waals surface area contributed by atoms with E-state index in [-0.39, 0.29) is 0 Å². The van der Waals surface area contributed by atoms with E-state index in [2.05, 4.69) is 21.9 Å². The predicted octanol–water partition coefficient (Wildman–Crippen LogP) is 2.93. The number of fused-ring (bicyclic) bond motifs is 1. The minimum Gasteiger partial charge on any atom is -0.368 e. The molecule has 0 atom stereocenters. The Morgan fingerprint density at radius 2 is 1.95 bits per heavy atom. The van der Waals surface area contributed by atoms with Crippen molar-refractivity contribution >= 4 is 17.0 Å². The molecule has 5 nitrogen and oxygen atoms in total. The molecule has 0 unspecified atom stereocenters. The molecule has 0 aliphatic heterocycles. The lowest BCUT2D eigenvalue weighted by Gasteiger charge is -2.08. The molecule has 0 amide bonds. The van der Waals surface area contributed by atoms with Crippen molar-refractivity contribution in [2.75, 3.05) is 5.73 Å². The fourth-order valence-corrected chi connectivity index (χ4v) is 2.39. The van der Waals surface area contributed by atoms with E-state index in [4.69, 9.17) is 10.7 Å². The first kappa shape index (κ1) is 13.4. The molecule has 0 aliphatic carbocycles. The third-order valence-electron chi connectivity index (χ3n) is 3.37. The zero-order valence-corrected chi connectivity index (χ0v) is 12.2. The Hall–Kier alpha value is -2.56. The van der Waals surface area contributed by atoms with Crippen LogP contribution in [0.5, 0.6) is 0 Å². The van der Waals surface area contributed by atoms with E-state index >= 15 is 0 Å². The summed E-state index contributed by atoms with van der Waals surface area (Å²) in [7, 11) is 0. The number of aromatic nitrogens is 4. The average molecular weight is 279 g/mol. The average Bonchev–Trinajstić information content (AvgIpc) is 2.48. The van der Waals surface area contributed by atoms with Crippen LogP contribution in [0, 0.1) is 6.92 Å². The molecule has 0 saturated heterocycles. The highest BCUT2D eigenvalue weighted by Gasteiger charge is 2.11. The first-order valence-electron chi connectivity index (χ1n) is 7.04. The molecule has 21 heavy (non-hydrogen) atoms. The molecule has 0 spiro atoms. The third kappa shape index (κ3) is 2.54. The summed E-state index contributed by atoms with van der Waals surface area (Å²) in [5.74, 6) is 0.300. The first-order valence-corrected chi connectivity index (χ1v) is 7.04. The lowest BCUT2D eigenvalue weighted by molar-refractivity contribution is 0.885. The van der Waals surface area contributed by atoms with Crippen LogP contribution in [0.25, 0.3) is 22.4 Å². The minimum atomic E-state index is 0.300. The lowest BCUT2D eigenvalue weighted by atomic mass is 10.1. The molecule has 0 fully saturated rings. The number of nitrogens with zero attached hydrogens (tertiary/aromatic N) is 4. The van der Waals surface area contributed by atoms with Crippen molar-refractivity contribution in [1.82, 2.24) is 19.9 Å². The first-order chi connectivity index (χ1) is 10.2. The van der Waals surface area contributed by atoms with E-state index in [0.717, 1.165) is 46.5 Å². The number of nitrogen functional groups attached to an aromatic ring is 1. The highest BCUT2D eigenvalue weighted by molar-refractivity contribution is 5.80. The Bertz CT molecular complexity index is 798. The monoisotopic (exact) mass is 279 g/mol. The molecule has 3 aromatic rings. The predicted molar refractivity (Wildman–Crippen MR) is 83.7 cm³/mol. The molecular weight excluding hydrogens is 262 g/mol. The maximum Gasteiger partial charge on any atom is 0.220 e. The zero-order chi connectivity index (χ0) is 14.8. The highest BCUT2D eigenvalue weighted by Crippen LogP contribution is 2.23. The maximum absolute atomic E-state index is 5.77. The second kappa shape index (κ2) is 5.44. The molecule has 3 heterocycles. The summed E-state index contributed by atoms with van der Waals surface area (Å²) in [5.41, 5.74) is 11.1. The molecular formula is C16H17N5. The van der Waals surface area contributed by atoms with Gasteiger partial charge in [0.1, 0.15) is 5.52 Å². The van der Waals surface area contributed by atoms with Crippen molar-refractivity contribution in [2.24, 2.45) is 0 Å². The normalized spacial score (nSPS) is 11.0. The summed E-state index contributed by atoms with van der Waals surface area (Å²) >= 11 is 0. The van der Waals surface area contributed by atoms with Gasteiger partial charge in [0, 0.05) is 6.20 Å². The van der Waals surface area contributed by atoms with E-state index in [1.54, 1.807) is 6.20 Å². The van der Waals surface area contributed by atoms with Crippen LogP contribution in [-0.2, 0) is 6.42 Å². The second-order valence-electron chi connectivity index (χ2n) is 5.01. The molecule has 3 aromatic heterocycles. The number of hydrogen-bond donors (Lipinski definition) is 1. The smallest absolute Gasteiger partial charge is 0.220 e. The zero-order valence-electron chi connectivity index (χ0n) is 12.2. The summed E-state index contributed by atoms with van der Waals surface area (Å²) in [6.07, 6.45) is 3.60. The van der Waals surface area contributed by atoms with Crippen molar-refractivity contribution in [2.45, 2.75) is 26.7 Å². The molecule has 2 N–H and O–H groups in total. The largest absolute Gasteiger partial charge is 0.368 e. The van der Waals surface area contributed by atoms with Gasteiger partial charge in [-0.05, 0) is 37.1 Å². The Labute approximate surface area is 123 Å². The number of rotatable bonds is 3. The number of hydrogen-bond acceptors (Lipinski definition) is 5. The molecule has 106 valence electrons. The van der Waals surface area contributed by atoms with Crippen molar-refractivity contribution in [3.05, 3.63) is 41.7 Å². The molecule has 0 saturated carbocycles. The van der Waals surface area contributed by atoms with Gasteiger partial charge in [-0.1, -0.05) is 19.4 Å². The quantitative estimate of drug-likeness (QED) is 0.797. The fraction of sp³-hybridized carbons (Fsp3) is 0.250. The van der Waals surface area contributed by atoms with Gasteiger partial charge in [-0.3, -0.25) is 4.98 Å². The Kier molecular flexibility index (Phi) is 3.48. The van der Waals surface area contributed by atoms with Gasteiger partial charge in [0.25, 0.3) is 0 Å². The molecule has 0 aliphatic rings. The summed E-state index contributed by atoms with van der Waals surface area (Å²) in [4.78, 5) is 17.7. The van der Waals surface area contributed by atoms with Crippen LogP contribution in [0.15, 0.2) is 30.5 Å². The van der Waals surface area contributed by atoms with Gasteiger partial charge in [0.15, 0.2) is 0 Å². The van der Waals surface area contributed by atoms with Crippen molar-refractivity contribution in [1.29, 1.82) is 0 Å². The van der Waals surface area contributed by atoms with Crippen molar-refractivity contribution < 1.29 is 0 Å². The van der Waals surface area contributed by atoms with Crippen LogP contribution >= 0.6 is 0 Å². The van der Waals surface area contributed by atoms with E-state index in [0.29, 0.717) is 5.95 Å². The Balaban J connectivity index is 2.22. The van der Waals surface area contributed by atoms with Crippen LogP contribution in [0.4, 0.5) is 5.95 Å². The third-order valence-corrected chi connectivity index (χ3v) is 3.37. The van der Waals surface area contributed by atoms with Crippen molar-refractivity contribution in [3.8, 4) is 11.4 Å². The van der Waals surface area contributed by atoms with Gasteiger partial charge in [-0.2, -0.15) is 0 Å². The SMILES string of the molecule is CCCc1nc(N)nc2ccc(-c3ncccc3C)nc12. The number of anilines is 1. The van der Waals surface area contributed by atoms with Crippen LogP contribution in [-0.4, -0.2) is 19.9 Å². The number of aryl methyl sites for hydroxylation is 2. The summed E-state index contributed by atoms with van der Waals surface area (Å²) in [6, 6.07) is 7.82. The number of nitrogens with two attached hydrogens (primary N) is 1. The van der Waals surface area contributed by atoms with Gasteiger partial charge in [-0.25, -0.2) is 15.0 Å². The van der Waals surface area contributed by atoms with E-state index in [9.17, 15) is 0 Å². The van der Waals surface area contributed by atoms with Gasteiger partial charge >= 0.3 is 0 Å². The lowest BCUT2D eigenvalue weighted by Crippen LogP contribution is -2.03. The number of pyridine rings is 2. The highest BCUT2D eigenvalue weighted by atomic mass is 15.0. The van der Waals surface area contributed by atoms with Gasteiger partial charge < -0.3 is 5.73 Å². The van der Waals surface area contributed by atoms with Crippen molar-refractivity contribution in [3.63, 3.8) is 0 Å². The second-order valence-corrected chi connectivity index (χ2v) is 5.01. The molecule has 0 bridgehead atoms. The van der Waals surface area contributed by atoms with E-state index < -0.39 is 0 Å². The van der Waals surface area contributed by atoms with Crippen LogP contribution in [0.2, 0.25) is 0 Å². The Morgan fingerprint density at radius 1 is 1.10 bits per heavy atom. The topological polar surface area (TPSA) is 77.6 Å². The molecule has 5 heteroatoms. The summed E-state index contributed by atoms with van der Waals surface area (Å²) < 4.78 is 0. The summed E-state index contributed by atoms with van der Waals surface area (Å²) in [6.45, 7) is 4.14.